The van der Waals surface area contributed by atoms with E-state index in [0.29, 0.717) is 0 Å². The summed E-state index contributed by atoms with van der Waals surface area (Å²) in [6, 6.07) is 0. The Morgan fingerprint density at radius 1 is 1.33 bits per heavy atom. The highest BCUT2D eigenvalue weighted by Crippen LogP contribution is 2.02. The highest BCUT2D eigenvalue weighted by molar-refractivity contribution is 6.09. The maximum absolute atomic E-state index is 11.3. The van der Waals surface area contributed by atoms with Gasteiger partial charge < -0.3 is 9.84 Å². The van der Waals surface area contributed by atoms with Gasteiger partial charge in [0, 0.05) is 5.57 Å². The summed E-state index contributed by atoms with van der Waals surface area (Å²) >= 11 is 0. The van der Waals surface area contributed by atoms with Gasteiger partial charge in [-0.1, -0.05) is 6.58 Å². The molecule has 0 rings (SSSR count). The van der Waals surface area contributed by atoms with Crippen molar-refractivity contribution in [1.29, 1.82) is 0 Å². The predicted octanol–water partition coefficient (Wildman–Crippen LogP) is 1.03. The summed E-state index contributed by atoms with van der Waals surface area (Å²) in [6.45, 7) is 8.11. The summed E-state index contributed by atoms with van der Waals surface area (Å²) < 4.78 is 4.71. The molecule has 0 aromatic heterocycles. The summed E-state index contributed by atoms with van der Waals surface area (Å²) in [5, 5.41) is 11.2. The minimum Gasteiger partial charge on any atom is -0.481 e. The summed E-state index contributed by atoms with van der Waals surface area (Å²) in [7, 11) is 0. The number of carbonyl (C=O) groups is 2. The van der Waals surface area contributed by atoms with Crippen LogP contribution in [0.3, 0.4) is 0 Å². The van der Waals surface area contributed by atoms with Crippen LogP contribution in [-0.2, 0) is 14.3 Å². The van der Waals surface area contributed by atoms with Gasteiger partial charge in [0.2, 0.25) is 0 Å². The summed E-state index contributed by atoms with van der Waals surface area (Å²) in [5.41, 5.74) is 0.165. The largest absolute Gasteiger partial charge is 0.481 e. The van der Waals surface area contributed by atoms with E-state index in [1.54, 1.807) is 6.92 Å². The lowest BCUT2D eigenvalue weighted by Gasteiger charge is -2.06. The van der Waals surface area contributed by atoms with Crippen molar-refractivity contribution in [3.63, 3.8) is 0 Å². The molecule has 0 aromatic rings. The van der Waals surface area contributed by atoms with Crippen molar-refractivity contribution < 1.29 is 19.4 Å². The molecular formula is C10H15NO4. The zero-order chi connectivity index (χ0) is 12.0. The lowest BCUT2D eigenvalue weighted by Crippen LogP contribution is -2.32. The third-order valence-electron chi connectivity index (χ3n) is 1.56. The van der Waals surface area contributed by atoms with Crippen molar-refractivity contribution in [2.24, 2.45) is 0 Å². The second-order valence-corrected chi connectivity index (χ2v) is 2.93. The third kappa shape index (κ3) is 4.30. The Kier molecular flexibility index (Phi) is 5.15. The molecule has 84 valence electrons. The standard InChI is InChI=1S/C10H15NO4/c1-5-15-10(14)7(4)9(13)11-8(12)6(2)3/h14H,2,5H2,1,3-4H3,(H,11,12,13). The average Bonchev–Trinajstić information content (AvgIpc) is 2.16. The fraction of sp³-hybridized carbons (Fsp3) is 0.400. The van der Waals surface area contributed by atoms with Gasteiger partial charge in [0.15, 0.2) is 0 Å². The Morgan fingerprint density at radius 2 is 1.87 bits per heavy atom. The molecule has 0 aliphatic heterocycles. The van der Waals surface area contributed by atoms with E-state index in [2.05, 4.69) is 6.58 Å². The van der Waals surface area contributed by atoms with Gasteiger partial charge in [-0.15, -0.1) is 0 Å². The first-order valence-electron chi connectivity index (χ1n) is 4.44. The van der Waals surface area contributed by atoms with Crippen molar-refractivity contribution in [1.82, 2.24) is 5.32 Å². The number of hydrogen-bond acceptors (Lipinski definition) is 4. The molecule has 0 unspecified atom stereocenters. The van der Waals surface area contributed by atoms with Crippen LogP contribution in [0.5, 0.6) is 0 Å². The van der Waals surface area contributed by atoms with Gasteiger partial charge >= 0.3 is 0 Å². The average molecular weight is 213 g/mol. The Bertz CT molecular complexity index is 317. The summed E-state index contributed by atoms with van der Waals surface area (Å²) in [5.74, 6) is -1.76. The summed E-state index contributed by atoms with van der Waals surface area (Å²) in [4.78, 5) is 22.4. The maximum atomic E-state index is 11.3. The first kappa shape index (κ1) is 13.2. The monoisotopic (exact) mass is 213 g/mol. The molecule has 0 aliphatic carbocycles. The Balaban J connectivity index is 4.52. The van der Waals surface area contributed by atoms with Gasteiger partial charge in [-0.3, -0.25) is 14.9 Å². The molecule has 0 heterocycles. The van der Waals surface area contributed by atoms with Gasteiger partial charge in [-0.25, -0.2) is 0 Å². The third-order valence-corrected chi connectivity index (χ3v) is 1.56. The second kappa shape index (κ2) is 5.85. The SMILES string of the molecule is C=C(C)C(=O)NC(=O)C(C)=C(O)OCC. The molecule has 0 spiro atoms. The van der Waals surface area contributed by atoms with Crippen molar-refractivity contribution in [3.8, 4) is 0 Å². The molecule has 0 saturated carbocycles. The molecular weight excluding hydrogens is 198 g/mol. The maximum Gasteiger partial charge on any atom is 0.285 e. The van der Waals surface area contributed by atoms with Crippen LogP contribution >= 0.6 is 0 Å². The van der Waals surface area contributed by atoms with Crippen LogP contribution < -0.4 is 5.32 Å². The molecule has 0 fully saturated rings. The first-order chi connectivity index (χ1) is 6.90. The highest BCUT2D eigenvalue weighted by atomic mass is 16.6. The lowest BCUT2D eigenvalue weighted by atomic mass is 10.2. The molecule has 0 aliphatic rings. The van der Waals surface area contributed by atoms with Crippen molar-refractivity contribution >= 4 is 11.8 Å². The molecule has 5 heteroatoms. The first-order valence-corrected chi connectivity index (χ1v) is 4.44. The molecule has 0 radical (unpaired) electrons. The van der Waals surface area contributed by atoms with Crippen molar-refractivity contribution in [2.45, 2.75) is 20.8 Å². The van der Waals surface area contributed by atoms with E-state index >= 15 is 0 Å². The normalized spacial score (nSPS) is 11.4. The molecule has 0 bridgehead atoms. The van der Waals surface area contributed by atoms with E-state index in [0.717, 1.165) is 0 Å². The minimum absolute atomic E-state index is 0.0496. The van der Waals surface area contributed by atoms with Crippen LogP contribution in [0.1, 0.15) is 20.8 Å². The smallest absolute Gasteiger partial charge is 0.285 e. The highest BCUT2D eigenvalue weighted by Gasteiger charge is 2.14. The molecule has 0 aromatic carbocycles. The Hall–Kier alpha value is -1.78. The van der Waals surface area contributed by atoms with Crippen LogP contribution in [-0.4, -0.2) is 23.5 Å². The van der Waals surface area contributed by atoms with E-state index in [1.807, 2.05) is 5.32 Å². The van der Waals surface area contributed by atoms with Crippen LogP contribution in [0, 0.1) is 0 Å². The zero-order valence-corrected chi connectivity index (χ0v) is 9.09. The van der Waals surface area contributed by atoms with E-state index in [-0.39, 0.29) is 17.8 Å². The fourth-order valence-electron chi connectivity index (χ4n) is 0.646. The molecule has 2 N–H and O–H groups in total. The van der Waals surface area contributed by atoms with E-state index < -0.39 is 17.8 Å². The molecule has 15 heavy (non-hydrogen) atoms. The number of aliphatic hydroxyl groups is 1. The van der Waals surface area contributed by atoms with Crippen LogP contribution in [0.25, 0.3) is 0 Å². The zero-order valence-electron chi connectivity index (χ0n) is 9.09. The number of carbonyl (C=O) groups excluding carboxylic acids is 2. The van der Waals surface area contributed by atoms with Crippen molar-refractivity contribution in [3.05, 3.63) is 23.7 Å². The number of aliphatic hydroxyl groups excluding tert-OH is 1. The van der Waals surface area contributed by atoms with Gasteiger partial charge in [0.1, 0.15) is 0 Å². The Morgan fingerprint density at radius 3 is 2.27 bits per heavy atom. The quantitative estimate of drug-likeness (QED) is 0.540. The number of ether oxygens (including phenoxy) is 1. The van der Waals surface area contributed by atoms with E-state index in [4.69, 9.17) is 4.74 Å². The number of hydrogen-bond donors (Lipinski definition) is 2. The van der Waals surface area contributed by atoms with Gasteiger partial charge in [0.25, 0.3) is 17.8 Å². The summed E-state index contributed by atoms with van der Waals surface area (Å²) in [6.07, 6.45) is 0. The molecule has 0 saturated heterocycles. The van der Waals surface area contributed by atoms with E-state index in [1.165, 1.54) is 13.8 Å². The molecule has 5 nitrogen and oxygen atoms in total. The Labute approximate surface area is 88.4 Å². The molecule has 0 atom stereocenters. The molecule has 2 amide bonds. The van der Waals surface area contributed by atoms with E-state index in [9.17, 15) is 14.7 Å². The predicted molar refractivity (Wildman–Crippen MR) is 54.9 cm³/mol. The number of imide groups is 1. The lowest BCUT2D eigenvalue weighted by molar-refractivity contribution is -0.126. The van der Waals surface area contributed by atoms with Gasteiger partial charge in [0.05, 0.1) is 12.2 Å². The minimum atomic E-state index is -0.700. The van der Waals surface area contributed by atoms with Crippen LogP contribution in [0.2, 0.25) is 0 Å². The fourth-order valence-corrected chi connectivity index (χ4v) is 0.646. The van der Waals surface area contributed by atoms with Crippen molar-refractivity contribution in [2.75, 3.05) is 6.61 Å². The van der Waals surface area contributed by atoms with Gasteiger partial charge in [-0.05, 0) is 20.8 Å². The van der Waals surface area contributed by atoms with Crippen LogP contribution in [0.4, 0.5) is 0 Å². The van der Waals surface area contributed by atoms with Gasteiger partial charge in [-0.2, -0.15) is 0 Å². The number of amides is 2. The topological polar surface area (TPSA) is 75.6 Å². The van der Waals surface area contributed by atoms with Crippen LogP contribution in [0.15, 0.2) is 23.7 Å². The number of nitrogens with one attached hydrogen (secondary N) is 1. The second-order valence-electron chi connectivity index (χ2n) is 2.93. The number of rotatable bonds is 4.